The number of Topliss-reactive ketones (excluding diaryl/α,β-unsaturated/α-hetero) is 1. The first kappa shape index (κ1) is 20.0. The second kappa shape index (κ2) is 8.10. The molecule has 6 nitrogen and oxygen atoms in total. The zero-order valence-electron chi connectivity index (χ0n) is 15.4. The highest BCUT2D eigenvalue weighted by Crippen LogP contribution is 2.45. The number of carboxylic acids is 1. The fourth-order valence-corrected chi connectivity index (χ4v) is 5.64. The summed E-state index contributed by atoms with van der Waals surface area (Å²) in [5.74, 6) is -1.66. The Balaban J connectivity index is 1.68. The van der Waals surface area contributed by atoms with Crippen LogP contribution in [0.25, 0.3) is 0 Å². The van der Waals surface area contributed by atoms with E-state index in [1.54, 1.807) is 12.1 Å². The van der Waals surface area contributed by atoms with Crippen molar-refractivity contribution in [1.29, 1.82) is 0 Å². The van der Waals surface area contributed by atoms with E-state index in [4.69, 9.17) is 5.11 Å². The zero-order valence-corrected chi connectivity index (χ0v) is 16.3. The standard InChI is InChI=1S/C20H27NO5S/c22-18(23)6-13-27(25,26)17-3-1-2-16(14-17)19(24)15-4-7-20(8-5-15)9-11-21-12-10-20/h1-3,14-15,21H,4-13H2,(H,22,23). The van der Waals surface area contributed by atoms with E-state index in [0.717, 1.165) is 38.8 Å². The number of rotatable bonds is 6. The molecule has 0 bridgehead atoms. The van der Waals surface area contributed by atoms with Crippen molar-refractivity contribution >= 4 is 21.6 Å². The van der Waals surface area contributed by atoms with Gasteiger partial charge in [0, 0.05) is 11.5 Å². The topological polar surface area (TPSA) is 101 Å². The first-order valence-electron chi connectivity index (χ1n) is 9.61. The van der Waals surface area contributed by atoms with Gasteiger partial charge in [-0.2, -0.15) is 0 Å². The van der Waals surface area contributed by atoms with Gasteiger partial charge >= 0.3 is 5.97 Å². The molecule has 27 heavy (non-hydrogen) atoms. The molecule has 1 heterocycles. The molecule has 1 aromatic rings. The monoisotopic (exact) mass is 393 g/mol. The lowest BCUT2D eigenvalue weighted by Crippen LogP contribution is -2.40. The van der Waals surface area contributed by atoms with Gasteiger partial charge in [0.2, 0.25) is 0 Å². The summed E-state index contributed by atoms with van der Waals surface area (Å²) in [6.45, 7) is 2.10. The van der Waals surface area contributed by atoms with Gasteiger partial charge in [0.15, 0.2) is 15.6 Å². The van der Waals surface area contributed by atoms with Gasteiger partial charge in [0.05, 0.1) is 17.1 Å². The van der Waals surface area contributed by atoms with Crippen LogP contribution in [0.2, 0.25) is 0 Å². The summed E-state index contributed by atoms with van der Waals surface area (Å²) in [7, 11) is -3.70. The summed E-state index contributed by atoms with van der Waals surface area (Å²) >= 11 is 0. The number of carbonyl (C=O) groups excluding carboxylic acids is 1. The Labute approximate surface area is 160 Å². The Hall–Kier alpha value is -1.73. The van der Waals surface area contributed by atoms with Gasteiger partial charge in [-0.15, -0.1) is 0 Å². The molecular weight excluding hydrogens is 366 g/mol. The summed E-state index contributed by atoms with van der Waals surface area (Å²) in [6.07, 6.45) is 5.73. The minimum Gasteiger partial charge on any atom is -0.481 e. The molecule has 0 atom stereocenters. The molecule has 1 saturated heterocycles. The predicted molar refractivity (Wildman–Crippen MR) is 102 cm³/mol. The average molecular weight is 394 g/mol. The van der Waals surface area contributed by atoms with E-state index in [9.17, 15) is 18.0 Å². The van der Waals surface area contributed by atoms with Crippen LogP contribution < -0.4 is 5.32 Å². The third-order valence-corrected chi connectivity index (χ3v) is 7.86. The first-order valence-corrected chi connectivity index (χ1v) is 11.3. The third-order valence-electron chi connectivity index (χ3n) is 6.14. The Bertz CT molecular complexity index is 801. The molecule has 148 valence electrons. The molecule has 0 aromatic heterocycles. The average Bonchev–Trinajstić information content (AvgIpc) is 2.67. The molecule has 1 aliphatic heterocycles. The SMILES string of the molecule is O=C(O)CCS(=O)(=O)c1cccc(C(=O)C2CCC3(CCNCC3)CC2)c1. The van der Waals surface area contributed by atoms with Gasteiger partial charge in [-0.1, -0.05) is 12.1 Å². The zero-order chi connectivity index (χ0) is 19.5. The lowest BCUT2D eigenvalue weighted by Gasteiger charge is -2.42. The van der Waals surface area contributed by atoms with Crippen molar-refractivity contribution in [3.8, 4) is 0 Å². The molecule has 2 N–H and O–H groups in total. The fourth-order valence-electron chi connectivity index (χ4n) is 4.37. The number of nitrogens with one attached hydrogen (secondary N) is 1. The van der Waals surface area contributed by atoms with Crippen LogP contribution in [0.15, 0.2) is 29.2 Å². The number of hydrogen-bond acceptors (Lipinski definition) is 5. The lowest BCUT2D eigenvalue weighted by atomic mass is 9.65. The molecule has 0 unspecified atom stereocenters. The second-order valence-corrected chi connectivity index (χ2v) is 9.99. The molecule has 2 fully saturated rings. The number of hydrogen-bond donors (Lipinski definition) is 2. The van der Waals surface area contributed by atoms with Crippen molar-refractivity contribution in [2.45, 2.75) is 49.8 Å². The van der Waals surface area contributed by atoms with E-state index in [1.807, 2.05) is 0 Å². The van der Waals surface area contributed by atoms with E-state index in [1.165, 1.54) is 25.0 Å². The van der Waals surface area contributed by atoms with Crippen molar-refractivity contribution in [3.63, 3.8) is 0 Å². The van der Waals surface area contributed by atoms with E-state index in [2.05, 4.69) is 5.32 Å². The van der Waals surface area contributed by atoms with E-state index in [-0.39, 0.29) is 16.6 Å². The van der Waals surface area contributed by atoms with E-state index >= 15 is 0 Å². The van der Waals surface area contributed by atoms with Crippen molar-refractivity contribution in [3.05, 3.63) is 29.8 Å². The number of carbonyl (C=O) groups is 2. The highest BCUT2D eigenvalue weighted by atomic mass is 32.2. The smallest absolute Gasteiger partial charge is 0.304 e. The number of piperidine rings is 1. The maximum absolute atomic E-state index is 12.9. The van der Waals surface area contributed by atoms with Crippen molar-refractivity contribution < 1.29 is 23.1 Å². The molecule has 2 aliphatic rings. The first-order chi connectivity index (χ1) is 12.8. The quantitative estimate of drug-likeness (QED) is 0.721. The van der Waals surface area contributed by atoms with Gasteiger partial charge < -0.3 is 10.4 Å². The summed E-state index contributed by atoms with van der Waals surface area (Å²) < 4.78 is 24.6. The van der Waals surface area contributed by atoms with Crippen LogP contribution >= 0.6 is 0 Å². The van der Waals surface area contributed by atoms with Crippen LogP contribution in [-0.4, -0.2) is 44.1 Å². The number of aliphatic carboxylic acids is 1. The maximum Gasteiger partial charge on any atom is 0.304 e. The van der Waals surface area contributed by atoms with Gasteiger partial charge in [-0.05, 0) is 69.2 Å². The van der Waals surface area contributed by atoms with Crippen molar-refractivity contribution in [2.75, 3.05) is 18.8 Å². The Morgan fingerprint density at radius 3 is 2.41 bits per heavy atom. The van der Waals surface area contributed by atoms with Crippen LogP contribution in [0.3, 0.4) is 0 Å². The molecule has 3 rings (SSSR count). The van der Waals surface area contributed by atoms with Gasteiger partial charge in [0.1, 0.15) is 0 Å². The normalized spacial score (nSPS) is 20.4. The summed E-state index contributed by atoms with van der Waals surface area (Å²) in [4.78, 5) is 23.6. The number of carboxylic acid groups (broad SMARTS) is 1. The van der Waals surface area contributed by atoms with Gasteiger partial charge in [-0.25, -0.2) is 8.42 Å². The summed E-state index contributed by atoms with van der Waals surface area (Å²) in [5.41, 5.74) is 0.794. The van der Waals surface area contributed by atoms with Crippen LogP contribution in [0.5, 0.6) is 0 Å². The van der Waals surface area contributed by atoms with Crippen LogP contribution in [0.1, 0.15) is 55.3 Å². The molecular formula is C20H27NO5S. The highest BCUT2D eigenvalue weighted by molar-refractivity contribution is 7.91. The third kappa shape index (κ3) is 4.76. The molecule has 0 radical (unpaired) electrons. The highest BCUT2D eigenvalue weighted by Gasteiger charge is 2.38. The molecule has 1 aromatic carbocycles. The second-order valence-electron chi connectivity index (χ2n) is 7.88. The maximum atomic E-state index is 12.9. The largest absolute Gasteiger partial charge is 0.481 e. The molecule has 1 aliphatic carbocycles. The Morgan fingerprint density at radius 2 is 1.78 bits per heavy atom. The summed E-state index contributed by atoms with van der Waals surface area (Å²) in [5, 5.41) is 12.1. The number of ketones is 1. The van der Waals surface area contributed by atoms with E-state index < -0.39 is 28.0 Å². The minimum absolute atomic E-state index is 0.00840. The van der Waals surface area contributed by atoms with Gasteiger partial charge in [0.25, 0.3) is 0 Å². The number of sulfone groups is 1. The van der Waals surface area contributed by atoms with Crippen LogP contribution in [0.4, 0.5) is 0 Å². The Morgan fingerprint density at radius 1 is 1.11 bits per heavy atom. The molecule has 1 spiro atoms. The van der Waals surface area contributed by atoms with Crippen molar-refractivity contribution in [1.82, 2.24) is 5.32 Å². The number of benzene rings is 1. The van der Waals surface area contributed by atoms with Gasteiger partial charge in [-0.3, -0.25) is 9.59 Å². The Kier molecular flexibility index (Phi) is 6.01. The predicted octanol–water partition coefficient (Wildman–Crippen LogP) is 2.68. The lowest BCUT2D eigenvalue weighted by molar-refractivity contribution is -0.136. The van der Waals surface area contributed by atoms with Crippen molar-refractivity contribution in [2.24, 2.45) is 11.3 Å². The fraction of sp³-hybridized carbons (Fsp3) is 0.600. The molecule has 7 heteroatoms. The molecule has 0 amide bonds. The molecule has 1 saturated carbocycles. The minimum atomic E-state index is -3.70. The van der Waals surface area contributed by atoms with Crippen LogP contribution in [0, 0.1) is 11.3 Å². The van der Waals surface area contributed by atoms with Crippen LogP contribution in [-0.2, 0) is 14.6 Å². The van der Waals surface area contributed by atoms with E-state index in [0.29, 0.717) is 11.0 Å². The summed E-state index contributed by atoms with van der Waals surface area (Å²) in [6, 6.07) is 6.07.